The fourth-order valence-electron chi connectivity index (χ4n) is 3.39. The zero-order chi connectivity index (χ0) is 16.2. The van der Waals surface area contributed by atoms with Crippen molar-refractivity contribution in [3.05, 3.63) is 0 Å². The number of rotatable bonds is 3. The Morgan fingerprint density at radius 2 is 1.76 bits per heavy atom. The molecule has 2 aliphatic rings. The highest BCUT2D eigenvalue weighted by Crippen LogP contribution is 2.59. The molecule has 0 bridgehead atoms. The van der Waals surface area contributed by atoms with E-state index >= 15 is 0 Å². The van der Waals surface area contributed by atoms with Crippen LogP contribution in [0.15, 0.2) is 0 Å². The van der Waals surface area contributed by atoms with Crippen molar-refractivity contribution >= 4 is 21.9 Å². The molecule has 2 rings (SSSR count). The van der Waals surface area contributed by atoms with Crippen molar-refractivity contribution in [2.75, 3.05) is 25.9 Å². The monoisotopic (exact) mass is 318 g/mol. The van der Waals surface area contributed by atoms with Crippen LogP contribution in [-0.2, 0) is 19.6 Å². The number of aliphatic carboxylic acids is 1. The quantitative estimate of drug-likeness (QED) is 0.780. The Kier molecular flexibility index (Phi) is 3.82. The summed E-state index contributed by atoms with van der Waals surface area (Å²) >= 11 is 0. The second kappa shape index (κ2) is 4.95. The van der Waals surface area contributed by atoms with Gasteiger partial charge in [-0.05, 0) is 12.3 Å². The van der Waals surface area contributed by atoms with Gasteiger partial charge in [-0.2, -0.15) is 4.31 Å². The van der Waals surface area contributed by atoms with Gasteiger partial charge in [0.05, 0.1) is 18.1 Å². The van der Waals surface area contributed by atoms with E-state index in [9.17, 15) is 18.0 Å². The van der Waals surface area contributed by atoms with Crippen LogP contribution in [0.5, 0.6) is 0 Å². The van der Waals surface area contributed by atoms with Gasteiger partial charge < -0.3 is 10.0 Å². The number of sulfonamides is 1. The van der Waals surface area contributed by atoms with Gasteiger partial charge in [-0.25, -0.2) is 8.42 Å². The Morgan fingerprint density at radius 3 is 2.14 bits per heavy atom. The molecule has 7 nitrogen and oxygen atoms in total. The molecule has 1 amide bonds. The molecule has 0 spiro atoms. The average Bonchev–Trinajstić information content (AvgIpc) is 2.89. The number of hydrogen-bond donors (Lipinski definition) is 1. The first-order chi connectivity index (χ1) is 9.48. The molecule has 0 aromatic rings. The van der Waals surface area contributed by atoms with Gasteiger partial charge in [-0.3, -0.25) is 9.59 Å². The van der Waals surface area contributed by atoms with E-state index in [0.717, 1.165) is 6.26 Å². The number of piperazine rings is 1. The number of carboxylic acids is 1. The number of amides is 1. The van der Waals surface area contributed by atoms with Gasteiger partial charge in [-0.1, -0.05) is 13.8 Å². The van der Waals surface area contributed by atoms with Crippen LogP contribution in [0, 0.1) is 17.3 Å². The maximum absolute atomic E-state index is 12.5. The Balaban J connectivity index is 2.06. The van der Waals surface area contributed by atoms with Gasteiger partial charge in [0.15, 0.2) is 0 Å². The number of carboxylic acid groups (broad SMARTS) is 1. The number of nitrogens with zero attached hydrogens (tertiary/aromatic N) is 2. The first kappa shape index (κ1) is 16.2. The highest BCUT2D eigenvalue weighted by atomic mass is 32.2. The third-order valence-corrected chi connectivity index (χ3v) is 6.06. The molecule has 1 aliphatic heterocycles. The molecule has 0 radical (unpaired) electrons. The standard InChI is InChI=1S/C13H22N2O5S/c1-8-7-14(5-6-15(8)21(4,19)20)11(16)9-10(12(17)18)13(9,2)3/h8-10H,5-7H2,1-4H3,(H,17,18)/t8-,9-,10+/m0/s1. The Hall–Kier alpha value is -1.15. The molecular formula is C13H22N2O5S. The van der Waals surface area contributed by atoms with Crippen molar-refractivity contribution in [1.29, 1.82) is 0 Å². The summed E-state index contributed by atoms with van der Waals surface area (Å²) in [6, 6.07) is -0.289. The minimum absolute atomic E-state index is 0.174. The van der Waals surface area contributed by atoms with Crippen LogP contribution in [0.3, 0.4) is 0 Å². The maximum atomic E-state index is 12.5. The topological polar surface area (TPSA) is 95.0 Å². The molecule has 21 heavy (non-hydrogen) atoms. The van der Waals surface area contributed by atoms with Crippen LogP contribution in [-0.4, -0.2) is 66.5 Å². The van der Waals surface area contributed by atoms with Gasteiger partial charge in [0.25, 0.3) is 0 Å². The van der Waals surface area contributed by atoms with Crippen LogP contribution in [0.2, 0.25) is 0 Å². The smallest absolute Gasteiger partial charge is 0.307 e. The third-order valence-electron chi connectivity index (χ3n) is 4.66. The molecule has 1 heterocycles. The fraction of sp³-hybridized carbons (Fsp3) is 0.846. The Labute approximate surface area is 125 Å². The maximum Gasteiger partial charge on any atom is 0.307 e. The summed E-state index contributed by atoms with van der Waals surface area (Å²) in [6.45, 7) is 6.21. The van der Waals surface area contributed by atoms with E-state index in [1.165, 1.54) is 4.31 Å². The number of carbonyl (C=O) groups excluding carboxylic acids is 1. The Morgan fingerprint density at radius 1 is 1.19 bits per heavy atom. The van der Waals surface area contributed by atoms with Crippen LogP contribution in [0.1, 0.15) is 20.8 Å². The number of carbonyl (C=O) groups is 2. The van der Waals surface area contributed by atoms with Crippen LogP contribution in [0.4, 0.5) is 0 Å². The van der Waals surface area contributed by atoms with Gasteiger partial charge >= 0.3 is 5.97 Å². The van der Waals surface area contributed by atoms with Crippen molar-refractivity contribution in [3.63, 3.8) is 0 Å². The lowest BCUT2D eigenvalue weighted by atomic mass is 10.1. The van der Waals surface area contributed by atoms with E-state index in [-0.39, 0.29) is 18.5 Å². The van der Waals surface area contributed by atoms with Crippen molar-refractivity contribution < 1.29 is 23.1 Å². The summed E-state index contributed by atoms with van der Waals surface area (Å²) < 4.78 is 24.6. The molecule has 3 atom stereocenters. The molecule has 120 valence electrons. The lowest BCUT2D eigenvalue weighted by Gasteiger charge is -2.38. The summed E-state index contributed by atoms with van der Waals surface area (Å²) in [5, 5.41) is 9.15. The molecule has 1 N–H and O–H groups in total. The molecule has 0 aromatic heterocycles. The van der Waals surface area contributed by atoms with Crippen molar-refractivity contribution in [1.82, 2.24) is 9.21 Å². The fourth-order valence-corrected chi connectivity index (χ4v) is 4.52. The molecular weight excluding hydrogens is 296 g/mol. The van der Waals surface area contributed by atoms with Gasteiger partial charge in [0.2, 0.25) is 15.9 Å². The largest absolute Gasteiger partial charge is 0.481 e. The lowest BCUT2D eigenvalue weighted by molar-refractivity contribution is -0.142. The summed E-state index contributed by atoms with van der Waals surface area (Å²) in [6.07, 6.45) is 1.16. The molecule has 8 heteroatoms. The van der Waals surface area contributed by atoms with E-state index in [1.807, 2.05) is 0 Å². The predicted molar refractivity (Wildman–Crippen MR) is 76.0 cm³/mol. The van der Waals surface area contributed by atoms with Crippen LogP contribution in [0.25, 0.3) is 0 Å². The van der Waals surface area contributed by atoms with Crippen LogP contribution >= 0.6 is 0 Å². The molecule has 0 unspecified atom stereocenters. The van der Waals surface area contributed by atoms with E-state index in [2.05, 4.69) is 0 Å². The van der Waals surface area contributed by atoms with E-state index in [1.54, 1.807) is 25.7 Å². The van der Waals surface area contributed by atoms with Crippen LogP contribution < -0.4 is 0 Å². The van der Waals surface area contributed by atoms with E-state index in [4.69, 9.17) is 5.11 Å². The first-order valence-electron chi connectivity index (χ1n) is 6.96. The SMILES string of the molecule is C[C@H]1CN(C(=O)[C@@H]2[C@H](C(=O)O)C2(C)C)CCN1S(C)(=O)=O. The second-order valence-electron chi connectivity index (χ2n) is 6.62. The van der Waals surface area contributed by atoms with Crippen molar-refractivity contribution in [2.24, 2.45) is 17.3 Å². The van der Waals surface area contributed by atoms with Gasteiger partial charge in [0, 0.05) is 25.7 Å². The molecule has 1 aliphatic carbocycles. The highest BCUT2D eigenvalue weighted by Gasteiger charge is 2.66. The third kappa shape index (κ3) is 2.78. The van der Waals surface area contributed by atoms with Gasteiger partial charge in [0.1, 0.15) is 0 Å². The molecule has 0 aromatic carbocycles. The highest BCUT2D eigenvalue weighted by molar-refractivity contribution is 7.88. The molecule has 1 saturated carbocycles. The lowest BCUT2D eigenvalue weighted by Crippen LogP contribution is -2.55. The molecule has 2 fully saturated rings. The average molecular weight is 318 g/mol. The van der Waals surface area contributed by atoms with Crippen molar-refractivity contribution in [2.45, 2.75) is 26.8 Å². The summed E-state index contributed by atoms with van der Waals surface area (Å²) in [5.74, 6) is -2.27. The predicted octanol–water partition coefficient (Wildman–Crippen LogP) is -0.164. The normalized spacial score (nSPS) is 32.8. The Bertz CT molecular complexity index is 571. The van der Waals surface area contributed by atoms with E-state index < -0.39 is 33.2 Å². The first-order valence-corrected chi connectivity index (χ1v) is 8.81. The number of hydrogen-bond acceptors (Lipinski definition) is 4. The summed E-state index contributed by atoms with van der Waals surface area (Å²) in [4.78, 5) is 25.3. The minimum Gasteiger partial charge on any atom is -0.481 e. The van der Waals surface area contributed by atoms with Crippen molar-refractivity contribution in [3.8, 4) is 0 Å². The minimum atomic E-state index is -3.27. The molecule has 1 saturated heterocycles. The zero-order valence-corrected chi connectivity index (χ0v) is 13.6. The summed E-state index contributed by atoms with van der Waals surface area (Å²) in [5.41, 5.74) is -0.528. The zero-order valence-electron chi connectivity index (χ0n) is 12.7. The van der Waals surface area contributed by atoms with E-state index in [0.29, 0.717) is 13.1 Å². The van der Waals surface area contributed by atoms with Gasteiger partial charge in [-0.15, -0.1) is 0 Å². The second-order valence-corrected chi connectivity index (χ2v) is 8.56. The summed E-state index contributed by atoms with van der Waals surface area (Å²) in [7, 11) is -3.27.